The van der Waals surface area contributed by atoms with Crippen molar-refractivity contribution in [1.82, 2.24) is 14.8 Å². The van der Waals surface area contributed by atoms with Crippen LogP contribution >= 0.6 is 0 Å². The molecule has 0 radical (unpaired) electrons. The molecule has 4 nitrogen and oxygen atoms in total. The molecular formula is C15H16N4. The number of fused-ring (bicyclic) bond motifs is 1. The molecule has 0 fully saturated rings. The van der Waals surface area contributed by atoms with Gasteiger partial charge in [0.15, 0.2) is 0 Å². The highest BCUT2D eigenvalue weighted by atomic mass is 15.3. The number of nitrogens with zero attached hydrogens (tertiary/aromatic N) is 3. The number of rotatable bonds is 3. The molecule has 1 N–H and O–H groups in total. The Morgan fingerprint density at radius 1 is 1.05 bits per heavy atom. The van der Waals surface area contributed by atoms with Crippen molar-refractivity contribution in [2.45, 2.75) is 6.42 Å². The average molecular weight is 252 g/mol. The monoisotopic (exact) mass is 252 g/mol. The maximum absolute atomic E-state index is 4.24. The molecule has 0 atom stereocenters. The van der Waals surface area contributed by atoms with Crippen LogP contribution in [0.25, 0.3) is 10.8 Å². The van der Waals surface area contributed by atoms with E-state index >= 15 is 0 Å². The van der Waals surface area contributed by atoms with E-state index in [9.17, 15) is 0 Å². The van der Waals surface area contributed by atoms with Crippen LogP contribution in [0.5, 0.6) is 0 Å². The predicted octanol–water partition coefficient (Wildman–Crippen LogP) is 2.60. The Morgan fingerprint density at radius 2 is 1.84 bits per heavy atom. The van der Waals surface area contributed by atoms with Gasteiger partial charge in [0.2, 0.25) is 5.95 Å². The summed E-state index contributed by atoms with van der Waals surface area (Å²) in [4.78, 5) is 0. The largest absolute Gasteiger partial charge is 0.357 e. The van der Waals surface area contributed by atoms with Crippen LogP contribution in [0.4, 0.5) is 5.95 Å². The highest BCUT2D eigenvalue weighted by molar-refractivity contribution is 5.85. The van der Waals surface area contributed by atoms with E-state index in [-0.39, 0.29) is 0 Å². The summed E-state index contributed by atoms with van der Waals surface area (Å²) >= 11 is 0. The van der Waals surface area contributed by atoms with Gasteiger partial charge < -0.3 is 9.88 Å². The summed E-state index contributed by atoms with van der Waals surface area (Å²) in [5, 5.41) is 13.9. The van der Waals surface area contributed by atoms with Crippen LogP contribution in [-0.4, -0.2) is 21.8 Å². The smallest absolute Gasteiger partial charge is 0.224 e. The Hall–Kier alpha value is -2.36. The quantitative estimate of drug-likeness (QED) is 0.779. The number of aromatic nitrogens is 3. The molecule has 96 valence electrons. The van der Waals surface area contributed by atoms with Gasteiger partial charge in [0.1, 0.15) is 5.82 Å². The summed E-state index contributed by atoms with van der Waals surface area (Å²) in [5.41, 5.74) is 1.27. The summed E-state index contributed by atoms with van der Waals surface area (Å²) in [7, 11) is 3.83. The molecular weight excluding hydrogens is 236 g/mol. The van der Waals surface area contributed by atoms with Crippen LogP contribution < -0.4 is 5.32 Å². The Kier molecular flexibility index (Phi) is 2.91. The fourth-order valence-electron chi connectivity index (χ4n) is 2.35. The average Bonchev–Trinajstić information content (AvgIpc) is 2.80. The second-order valence-corrected chi connectivity index (χ2v) is 4.56. The van der Waals surface area contributed by atoms with Gasteiger partial charge in [-0.1, -0.05) is 42.5 Å². The van der Waals surface area contributed by atoms with E-state index in [2.05, 4.69) is 58.0 Å². The molecule has 0 saturated heterocycles. The summed E-state index contributed by atoms with van der Waals surface area (Å²) < 4.78 is 1.99. The van der Waals surface area contributed by atoms with E-state index in [0.29, 0.717) is 0 Å². The molecule has 0 spiro atoms. The molecule has 4 heteroatoms. The highest BCUT2D eigenvalue weighted by Crippen LogP contribution is 2.21. The van der Waals surface area contributed by atoms with Gasteiger partial charge >= 0.3 is 0 Å². The van der Waals surface area contributed by atoms with Gasteiger partial charge in [0.05, 0.1) is 0 Å². The minimum Gasteiger partial charge on any atom is -0.357 e. The van der Waals surface area contributed by atoms with Crippen molar-refractivity contribution in [2.24, 2.45) is 7.05 Å². The first-order valence-electron chi connectivity index (χ1n) is 6.32. The molecule has 0 aliphatic heterocycles. The standard InChI is InChI=1S/C15H16N4/c1-16-15-18-17-14(19(15)2)10-12-8-5-7-11-6-3-4-9-13(11)12/h3-9H,10H2,1-2H3,(H,16,18). The lowest BCUT2D eigenvalue weighted by molar-refractivity contribution is 0.827. The van der Waals surface area contributed by atoms with Crippen LogP contribution in [0.2, 0.25) is 0 Å². The minimum absolute atomic E-state index is 0.784. The molecule has 0 bridgehead atoms. The molecule has 0 aliphatic rings. The third-order valence-electron chi connectivity index (χ3n) is 3.42. The molecule has 3 aromatic rings. The highest BCUT2D eigenvalue weighted by Gasteiger charge is 2.09. The van der Waals surface area contributed by atoms with Crippen LogP contribution in [0.3, 0.4) is 0 Å². The summed E-state index contributed by atoms with van der Waals surface area (Å²) in [6.07, 6.45) is 0.784. The molecule has 0 saturated carbocycles. The van der Waals surface area contributed by atoms with Crippen molar-refractivity contribution in [2.75, 3.05) is 12.4 Å². The van der Waals surface area contributed by atoms with Gasteiger partial charge in [-0.05, 0) is 16.3 Å². The van der Waals surface area contributed by atoms with Crippen molar-refractivity contribution < 1.29 is 0 Å². The van der Waals surface area contributed by atoms with Crippen molar-refractivity contribution in [1.29, 1.82) is 0 Å². The lowest BCUT2D eigenvalue weighted by Gasteiger charge is -2.07. The van der Waals surface area contributed by atoms with Crippen molar-refractivity contribution >= 4 is 16.7 Å². The van der Waals surface area contributed by atoms with E-state index in [0.717, 1.165) is 18.2 Å². The zero-order valence-corrected chi connectivity index (χ0v) is 11.1. The van der Waals surface area contributed by atoms with Crippen LogP contribution in [0.1, 0.15) is 11.4 Å². The second kappa shape index (κ2) is 4.72. The molecule has 2 aromatic carbocycles. The fraction of sp³-hybridized carbons (Fsp3) is 0.200. The Balaban J connectivity index is 2.03. The van der Waals surface area contributed by atoms with Crippen LogP contribution in [-0.2, 0) is 13.5 Å². The zero-order chi connectivity index (χ0) is 13.2. The summed E-state index contributed by atoms with van der Waals surface area (Å²) in [6, 6.07) is 14.8. The van der Waals surface area contributed by atoms with Gasteiger partial charge in [0.25, 0.3) is 0 Å². The Bertz CT molecular complexity index is 710. The van der Waals surface area contributed by atoms with Crippen molar-refractivity contribution in [3.8, 4) is 0 Å². The van der Waals surface area contributed by atoms with E-state index in [4.69, 9.17) is 0 Å². The zero-order valence-electron chi connectivity index (χ0n) is 11.1. The minimum atomic E-state index is 0.784. The van der Waals surface area contributed by atoms with Crippen LogP contribution in [0, 0.1) is 0 Å². The molecule has 19 heavy (non-hydrogen) atoms. The lowest BCUT2D eigenvalue weighted by Crippen LogP contribution is -2.03. The van der Waals surface area contributed by atoms with Gasteiger partial charge in [-0.15, -0.1) is 10.2 Å². The second-order valence-electron chi connectivity index (χ2n) is 4.56. The normalized spacial score (nSPS) is 10.8. The maximum Gasteiger partial charge on any atom is 0.224 e. The van der Waals surface area contributed by atoms with Gasteiger partial charge in [0, 0.05) is 20.5 Å². The SMILES string of the molecule is CNc1nnc(Cc2cccc3ccccc23)n1C. The summed E-state index contributed by atoms with van der Waals surface area (Å²) in [5.74, 6) is 1.75. The number of hydrogen-bond donors (Lipinski definition) is 1. The van der Waals surface area contributed by atoms with Crippen LogP contribution in [0.15, 0.2) is 42.5 Å². The molecule has 3 rings (SSSR count). The molecule has 0 unspecified atom stereocenters. The first-order chi connectivity index (χ1) is 9.29. The predicted molar refractivity (Wildman–Crippen MR) is 77.3 cm³/mol. The topological polar surface area (TPSA) is 42.7 Å². The first-order valence-corrected chi connectivity index (χ1v) is 6.32. The molecule has 1 aromatic heterocycles. The third kappa shape index (κ3) is 2.05. The van der Waals surface area contributed by atoms with Crippen molar-refractivity contribution in [3.05, 3.63) is 53.9 Å². The summed E-state index contributed by atoms with van der Waals surface area (Å²) in [6.45, 7) is 0. The Labute approximate surface area is 112 Å². The molecule has 0 aliphatic carbocycles. The van der Waals surface area contributed by atoms with E-state index in [1.165, 1.54) is 16.3 Å². The fourth-order valence-corrected chi connectivity index (χ4v) is 2.35. The van der Waals surface area contributed by atoms with Gasteiger partial charge in [-0.2, -0.15) is 0 Å². The third-order valence-corrected chi connectivity index (χ3v) is 3.42. The molecule has 1 heterocycles. The van der Waals surface area contributed by atoms with Gasteiger partial charge in [-0.3, -0.25) is 0 Å². The first kappa shape index (κ1) is 11.7. The van der Waals surface area contributed by atoms with E-state index in [1.807, 2.05) is 18.7 Å². The maximum atomic E-state index is 4.24. The van der Waals surface area contributed by atoms with E-state index < -0.39 is 0 Å². The van der Waals surface area contributed by atoms with E-state index in [1.54, 1.807) is 0 Å². The van der Waals surface area contributed by atoms with Crippen molar-refractivity contribution in [3.63, 3.8) is 0 Å². The molecule has 0 amide bonds. The van der Waals surface area contributed by atoms with Gasteiger partial charge in [-0.25, -0.2) is 0 Å². The number of nitrogens with one attached hydrogen (secondary N) is 1. The number of benzene rings is 2. The number of hydrogen-bond acceptors (Lipinski definition) is 3. The lowest BCUT2D eigenvalue weighted by atomic mass is 10.0. The Morgan fingerprint density at radius 3 is 2.63 bits per heavy atom. The number of anilines is 1.